The number of hydrogen-bond donors (Lipinski definition) is 2. The SMILES string of the molecule is Cc1noc(C)c1-c1cn(C(=O)OC(C)(C)C)c2cccc(CNN)c12. The standard InChI is InChI=1S/C19H24N4O3/c1-11-16(12(2)26-22-11)14-10-23(18(24)25-19(3,4)5)15-8-6-7-13(9-21-20)17(14)15/h6-8,10,21H,9,20H2,1-5H3. The molecule has 0 unspecified atom stereocenters. The van der Waals surface area contributed by atoms with Gasteiger partial charge in [-0.15, -0.1) is 0 Å². The largest absolute Gasteiger partial charge is 0.443 e. The first-order valence-electron chi connectivity index (χ1n) is 8.46. The molecule has 0 aliphatic heterocycles. The van der Waals surface area contributed by atoms with Crippen molar-refractivity contribution in [3.05, 3.63) is 41.4 Å². The number of carbonyl (C=O) groups is 1. The number of hydrogen-bond acceptors (Lipinski definition) is 6. The van der Waals surface area contributed by atoms with Gasteiger partial charge in [-0.05, 0) is 46.2 Å². The Balaban J connectivity index is 2.29. The Morgan fingerprint density at radius 2 is 2.08 bits per heavy atom. The number of aromatic nitrogens is 2. The maximum atomic E-state index is 12.8. The number of ether oxygens (including phenoxy) is 1. The predicted octanol–water partition coefficient (Wildman–Crippen LogP) is 3.66. The summed E-state index contributed by atoms with van der Waals surface area (Å²) in [7, 11) is 0. The molecule has 0 aliphatic carbocycles. The molecule has 0 spiro atoms. The van der Waals surface area contributed by atoms with Crippen molar-refractivity contribution in [2.24, 2.45) is 5.84 Å². The number of rotatable bonds is 3. The molecule has 138 valence electrons. The zero-order valence-corrected chi connectivity index (χ0v) is 15.7. The highest BCUT2D eigenvalue weighted by Gasteiger charge is 2.24. The fourth-order valence-corrected chi connectivity index (χ4v) is 3.14. The van der Waals surface area contributed by atoms with Gasteiger partial charge in [-0.1, -0.05) is 17.3 Å². The van der Waals surface area contributed by atoms with E-state index < -0.39 is 11.7 Å². The van der Waals surface area contributed by atoms with Gasteiger partial charge >= 0.3 is 6.09 Å². The normalized spacial score (nSPS) is 11.9. The number of nitrogens with zero attached hydrogens (tertiary/aromatic N) is 2. The minimum atomic E-state index is -0.590. The van der Waals surface area contributed by atoms with Crippen LogP contribution >= 0.6 is 0 Å². The van der Waals surface area contributed by atoms with Gasteiger partial charge in [0.25, 0.3) is 0 Å². The maximum absolute atomic E-state index is 12.8. The number of nitrogens with one attached hydrogen (secondary N) is 1. The monoisotopic (exact) mass is 356 g/mol. The summed E-state index contributed by atoms with van der Waals surface area (Å²) in [4.78, 5) is 12.8. The lowest BCUT2D eigenvalue weighted by atomic mass is 9.99. The van der Waals surface area contributed by atoms with Gasteiger partial charge in [-0.3, -0.25) is 15.8 Å². The summed E-state index contributed by atoms with van der Waals surface area (Å²) in [6, 6.07) is 5.76. The predicted molar refractivity (Wildman–Crippen MR) is 99.6 cm³/mol. The van der Waals surface area contributed by atoms with Crippen LogP contribution in [0.5, 0.6) is 0 Å². The van der Waals surface area contributed by atoms with Crippen molar-refractivity contribution >= 4 is 17.0 Å². The third-order valence-electron chi connectivity index (χ3n) is 4.10. The lowest BCUT2D eigenvalue weighted by Gasteiger charge is -2.19. The summed E-state index contributed by atoms with van der Waals surface area (Å²) in [5, 5.41) is 4.97. The molecule has 3 aromatic rings. The third-order valence-corrected chi connectivity index (χ3v) is 4.10. The Labute approximate surface area is 152 Å². The van der Waals surface area contributed by atoms with Crippen molar-refractivity contribution in [2.75, 3.05) is 0 Å². The molecule has 0 saturated carbocycles. The molecule has 26 heavy (non-hydrogen) atoms. The molecule has 2 heterocycles. The lowest BCUT2D eigenvalue weighted by Crippen LogP contribution is -2.26. The zero-order valence-electron chi connectivity index (χ0n) is 15.7. The van der Waals surface area contributed by atoms with Gasteiger partial charge in [0.15, 0.2) is 0 Å². The van der Waals surface area contributed by atoms with E-state index in [2.05, 4.69) is 10.6 Å². The van der Waals surface area contributed by atoms with E-state index in [0.29, 0.717) is 12.3 Å². The summed E-state index contributed by atoms with van der Waals surface area (Å²) in [6.45, 7) is 9.73. The Morgan fingerprint density at radius 3 is 2.65 bits per heavy atom. The van der Waals surface area contributed by atoms with Crippen LogP contribution in [-0.4, -0.2) is 21.4 Å². The van der Waals surface area contributed by atoms with Gasteiger partial charge in [0.05, 0.1) is 11.2 Å². The molecule has 0 radical (unpaired) electrons. The highest BCUT2D eigenvalue weighted by atomic mass is 16.6. The highest BCUT2D eigenvalue weighted by Crippen LogP contribution is 2.37. The Morgan fingerprint density at radius 1 is 1.35 bits per heavy atom. The zero-order chi connectivity index (χ0) is 19.1. The van der Waals surface area contributed by atoms with Crippen LogP contribution in [0.4, 0.5) is 4.79 Å². The van der Waals surface area contributed by atoms with Crippen LogP contribution < -0.4 is 11.3 Å². The Hall–Kier alpha value is -2.64. The van der Waals surface area contributed by atoms with Crippen molar-refractivity contribution in [3.63, 3.8) is 0 Å². The summed E-state index contributed by atoms with van der Waals surface area (Å²) >= 11 is 0. The molecule has 0 aliphatic rings. The van der Waals surface area contributed by atoms with Crippen molar-refractivity contribution in [1.82, 2.24) is 15.1 Å². The first-order chi connectivity index (χ1) is 12.2. The van der Waals surface area contributed by atoms with Gasteiger partial charge in [-0.2, -0.15) is 0 Å². The van der Waals surface area contributed by atoms with Crippen LogP contribution in [0.3, 0.4) is 0 Å². The summed E-state index contributed by atoms with van der Waals surface area (Å²) in [5.74, 6) is 6.25. The molecule has 7 heteroatoms. The van der Waals surface area contributed by atoms with E-state index in [1.807, 2.05) is 52.8 Å². The van der Waals surface area contributed by atoms with Gasteiger partial charge in [-0.25, -0.2) is 4.79 Å². The smallest absolute Gasteiger partial charge is 0.419 e. The lowest BCUT2D eigenvalue weighted by molar-refractivity contribution is 0.0544. The Kier molecular flexibility index (Phi) is 4.60. The second-order valence-corrected chi connectivity index (χ2v) is 7.28. The highest BCUT2D eigenvalue weighted by molar-refractivity contribution is 6.03. The number of nitrogens with two attached hydrogens (primary N) is 1. The molecule has 0 fully saturated rings. The molecule has 1 aromatic carbocycles. The number of aryl methyl sites for hydroxylation is 2. The fourth-order valence-electron chi connectivity index (χ4n) is 3.14. The first kappa shape index (κ1) is 18.2. The fraction of sp³-hybridized carbons (Fsp3) is 0.368. The van der Waals surface area contributed by atoms with Crippen LogP contribution in [0.1, 0.15) is 37.8 Å². The number of benzene rings is 1. The number of hydrazine groups is 1. The minimum Gasteiger partial charge on any atom is -0.443 e. The molecule has 7 nitrogen and oxygen atoms in total. The second kappa shape index (κ2) is 6.59. The van der Waals surface area contributed by atoms with Crippen LogP contribution in [-0.2, 0) is 11.3 Å². The quantitative estimate of drug-likeness (QED) is 0.549. The molecule has 3 N–H and O–H groups in total. The Bertz CT molecular complexity index is 944. The molecule has 0 atom stereocenters. The van der Waals surface area contributed by atoms with Gasteiger partial charge in [0, 0.05) is 29.3 Å². The molecule has 0 bridgehead atoms. The number of fused-ring (bicyclic) bond motifs is 1. The van der Waals surface area contributed by atoms with Gasteiger partial charge < -0.3 is 9.26 Å². The van der Waals surface area contributed by atoms with E-state index in [1.54, 1.807) is 6.20 Å². The van der Waals surface area contributed by atoms with E-state index in [0.717, 1.165) is 33.3 Å². The van der Waals surface area contributed by atoms with Crippen molar-refractivity contribution in [1.29, 1.82) is 0 Å². The van der Waals surface area contributed by atoms with Crippen molar-refractivity contribution in [2.45, 2.75) is 46.8 Å². The van der Waals surface area contributed by atoms with E-state index in [9.17, 15) is 4.79 Å². The summed E-state index contributed by atoms with van der Waals surface area (Å²) < 4.78 is 12.4. The average Bonchev–Trinajstić information content (AvgIpc) is 3.07. The van der Waals surface area contributed by atoms with Crippen LogP contribution in [0, 0.1) is 13.8 Å². The van der Waals surface area contributed by atoms with Gasteiger partial charge in [0.1, 0.15) is 11.4 Å². The van der Waals surface area contributed by atoms with E-state index in [1.165, 1.54) is 4.57 Å². The molecule has 0 saturated heterocycles. The molecule has 3 rings (SSSR count). The van der Waals surface area contributed by atoms with Crippen LogP contribution in [0.2, 0.25) is 0 Å². The van der Waals surface area contributed by atoms with E-state index >= 15 is 0 Å². The third kappa shape index (κ3) is 3.23. The average molecular weight is 356 g/mol. The van der Waals surface area contributed by atoms with Gasteiger partial charge in [0.2, 0.25) is 0 Å². The van der Waals surface area contributed by atoms with Crippen molar-refractivity contribution < 1.29 is 14.1 Å². The second-order valence-electron chi connectivity index (χ2n) is 7.28. The molecular weight excluding hydrogens is 332 g/mol. The van der Waals surface area contributed by atoms with E-state index in [-0.39, 0.29) is 0 Å². The summed E-state index contributed by atoms with van der Waals surface area (Å²) in [6.07, 6.45) is 1.35. The van der Waals surface area contributed by atoms with Crippen LogP contribution in [0.25, 0.3) is 22.0 Å². The molecular formula is C19H24N4O3. The van der Waals surface area contributed by atoms with Crippen molar-refractivity contribution in [3.8, 4) is 11.1 Å². The van der Waals surface area contributed by atoms with Crippen LogP contribution in [0.15, 0.2) is 28.9 Å². The molecule has 2 aromatic heterocycles. The first-order valence-corrected chi connectivity index (χ1v) is 8.46. The summed E-state index contributed by atoms with van der Waals surface area (Å²) in [5.41, 5.74) is 6.34. The topological polar surface area (TPSA) is 95.3 Å². The molecule has 0 amide bonds. The number of carbonyl (C=O) groups excluding carboxylic acids is 1. The maximum Gasteiger partial charge on any atom is 0.419 e. The minimum absolute atomic E-state index is 0.432. The van der Waals surface area contributed by atoms with E-state index in [4.69, 9.17) is 15.1 Å².